The Labute approximate surface area is 888 Å². The number of amides is 2. The lowest BCUT2D eigenvalue weighted by Crippen LogP contribution is -3.00. The zero-order chi connectivity index (χ0) is 100.0. The van der Waals surface area contributed by atoms with E-state index in [0.29, 0.717) is 118 Å². The quantitative estimate of drug-likeness (QED) is 0.0116. The van der Waals surface area contributed by atoms with Crippen molar-refractivity contribution in [2.75, 3.05) is 131 Å². The summed E-state index contributed by atoms with van der Waals surface area (Å²) in [6.45, 7) is 1.31. The minimum atomic E-state index is -4.46. The lowest BCUT2D eigenvalue weighted by molar-refractivity contribution is -0.196. The van der Waals surface area contributed by atoms with Gasteiger partial charge in [0.15, 0.2) is 0 Å². The number of anilines is 7. The average molecular weight is 2390 g/mol. The number of aliphatic carboxylic acids is 1. The standard InChI is InChI=1S/C24H27Cl2F3N6OS.C22H21Cl2F3N6O.C21H21F3N4O2.C12H15Cl2NO2S.C12H14F3N5.2CH4.2HI.H2/c1-37(2)8-5-19(33-16-10-14(25)9-15(26)11-16)23(36)34-20-12-35(7-4-18(20)24(27,28)29)22-17-3-6-30-21(17)31-13-32-22;23-12-7-13(24)9-14(8-12)31-17-3-6-33(21(17)34)18-10-32(5-2-16(18)22(25,26)27)20-15-1-4-28-19(15)29-11-30-20;22-21(23,24)17-7-9-28(20-16-6-8-25-19(16)26-13-27-20)11-15(17)10-18(29)30-12-14-4-2-1-3-5-14;1-18(2)4-3-11(12(16)17)15-10-6-8(13)5-9(14)7-10;13-12(14,15)8-2-4-20(5-9(8)16)11-7-1-3-17-10(7)18-6-19-11;;;;;/h3,6,9-11,13,18-20,33H,4-5,7-8,12H2,1-2H3,(H-,30,31,32,34,36);1,4,7-9,11,16-18,31H,2-3,5-6,10H2,(H,28,29,30);1-6,8,13,15,17H,7,9-12H2,(H,25,26,27);5-7,11,15H,3-4H2,1-2H3;1,3,6,8-9H,2,4-5,16H2,(H,17,18,19);2*1H4;3*1H/t18-,19+,20-;16-,17+,18-;15-,17-;11-;8-,9-;;;;;/m00010...../s1. The molecule has 780 valence electrons. The minimum absolute atomic E-state index is 0. The van der Waals surface area contributed by atoms with Gasteiger partial charge in [0.05, 0.1) is 88.7 Å². The smallest absolute Gasteiger partial charge is 0.393 e. The largest absolute Gasteiger partial charge is 1.00 e. The fourth-order valence-corrected chi connectivity index (χ4v) is 20.6. The van der Waals surface area contributed by atoms with E-state index in [1.165, 1.54) is 30.2 Å². The molecule has 11 N–H and O–H groups in total. The van der Waals surface area contributed by atoms with Gasteiger partial charge in [-0.05, 0) is 144 Å². The molecule has 5 saturated heterocycles. The van der Waals surface area contributed by atoms with E-state index in [1.807, 2.05) is 41.7 Å². The van der Waals surface area contributed by atoms with E-state index >= 15 is 0 Å². The number of carboxylic acid groups (broad SMARTS) is 1. The number of benzene rings is 4. The molecule has 0 radical (unpaired) electrons. The number of carbonyl (C=O) groups excluding carboxylic acids is 3. The van der Waals surface area contributed by atoms with Crippen molar-refractivity contribution in [2.45, 2.75) is 134 Å². The number of nitrogens with one attached hydrogen (secondary N) is 8. The second-order valence-electron chi connectivity index (χ2n) is 34.4. The Bertz CT molecular complexity index is 6120. The summed E-state index contributed by atoms with van der Waals surface area (Å²) in [5.41, 5.74) is 10.7. The molecule has 50 heteroatoms. The van der Waals surface area contributed by atoms with Crippen molar-refractivity contribution in [1.29, 1.82) is 0 Å². The molecule has 4 aromatic carbocycles. The summed E-state index contributed by atoms with van der Waals surface area (Å²) < 4.78 is 169. The van der Waals surface area contributed by atoms with E-state index in [-0.39, 0.29) is 190 Å². The van der Waals surface area contributed by atoms with Crippen molar-refractivity contribution < 1.29 is 131 Å². The highest BCUT2D eigenvalue weighted by atomic mass is 127. The van der Waals surface area contributed by atoms with Crippen molar-refractivity contribution in [2.24, 2.45) is 35.3 Å². The number of alkyl halides is 12. The molecule has 143 heavy (non-hydrogen) atoms. The van der Waals surface area contributed by atoms with Crippen LogP contribution in [0.25, 0.3) is 44.1 Å². The lowest BCUT2D eigenvalue weighted by Gasteiger charge is -2.44. The molecular weight excluding hydrogens is 2280 g/mol. The number of aromatic nitrogens is 12. The van der Waals surface area contributed by atoms with E-state index in [4.69, 9.17) is 85.2 Å². The maximum atomic E-state index is 14.0. The van der Waals surface area contributed by atoms with Crippen LogP contribution in [0.15, 0.2) is 159 Å². The van der Waals surface area contributed by atoms with E-state index in [2.05, 4.69) is 93.6 Å². The maximum Gasteiger partial charge on any atom is 0.393 e. The number of likely N-dealkylation sites (tertiary alicyclic amines) is 1. The highest BCUT2D eigenvalue weighted by molar-refractivity contribution is 7.95. The Kier molecular flexibility index (Phi) is 43.1. The Balaban J connectivity index is 0.000000223. The summed E-state index contributed by atoms with van der Waals surface area (Å²) in [6.07, 6.45) is 3.89. The maximum absolute atomic E-state index is 14.0. The SMILES string of the molecule is C.C.C[S+](C)CC[C@@H](Nc1cc(Cl)cc(Cl)c1)C(=O)N[C@H]1CN(c2ncnc3[nH]ccc23)CC[C@@H]1C(F)(F)F.C[S+](C)CC[C@@H](Nc1cc(Cl)cc(Cl)c1)C(=O)O.N[C@H]1CN(c2ncnc3[nH]ccc23)CC[C@@H]1C(F)(F)F.O=C(C[C@H]1CN(c2ncnc3[nH]ccc23)CC[C@@H]1C(F)(F)F)OCc1ccccc1.O=C1[C@H](Nc2cc(Cl)cc(Cl)c2)CCN1[C@H]1CN(c2ncnc3[nH]ccc23)CC[C@@H]1C(F)(F)F.[HH].[I-].[I-]. The number of fused-ring (bicyclic) bond motifs is 4. The first-order valence-electron chi connectivity index (χ1n) is 43.9. The molecule has 2 amide bonds. The fraction of sp³-hybridized carbons (Fsp3) is 0.441. The molecule has 28 nitrogen and oxygen atoms in total. The van der Waals surface area contributed by atoms with Gasteiger partial charge in [-0.2, -0.15) is 52.7 Å². The fourth-order valence-electron chi connectivity index (χ4n) is 17.6. The van der Waals surface area contributed by atoms with E-state index in [0.717, 1.165) is 33.2 Å². The number of hydrogen-bond acceptors (Lipinski definition) is 21. The van der Waals surface area contributed by atoms with Gasteiger partial charge >= 0.3 is 36.6 Å². The second-order valence-corrected chi connectivity index (χ2v) is 41.8. The molecule has 0 unspecified atom stereocenters. The summed E-state index contributed by atoms with van der Waals surface area (Å²) in [4.78, 5) is 104. The van der Waals surface area contributed by atoms with Crippen LogP contribution in [0.4, 0.5) is 93.0 Å². The number of nitrogens with two attached hydrogens (primary N) is 1. The van der Waals surface area contributed by atoms with E-state index in [1.54, 1.807) is 124 Å². The van der Waals surface area contributed by atoms with Crippen molar-refractivity contribution in [3.05, 3.63) is 195 Å². The van der Waals surface area contributed by atoms with Crippen LogP contribution >= 0.6 is 69.6 Å². The van der Waals surface area contributed by atoms with Crippen LogP contribution < -0.4 is 94.6 Å². The molecule has 17 rings (SSSR count). The predicted octanol–water partition coefficient (Wildman–Crippen LogP) is 14.0. The van der Waals surface area contributed by atoms with Gasteiger partial charge in [-0.3, -0.25) is 14.4 Å². The average Bonchev–Trinajstić information content (AvgIpc) is 1.54. The van der Waals surface area contributed by atoms with E-state index in [9.17, 15) is 71.9 Å². The Morgan fingerprint density at radius 2 is 0.853 bits per heavy atom. The van der Waals surface area contributed by atoms with Gasteiger partial charge in [-0.1, -0.05) is 115 Å². The van der Waals surface area contributed by atoms with Crippen LogP contribution in [0.5, 0.6) is 0 Å². The zero-order valence-corrected chi connectivity index (χ0v) is 86.2. The van der Waals surface area contributed by atoms with Gasteiger partial charge < -0.3 is 129 Å². The summed E-state index contributed by atoms with van der Waals surface area (Å²) >= 11 is 36.0. The van der Waals surface area contributed by atoms with Gasteiger partial charge in [-0.15, -0.1) is 0 Å². The minimum Gasteiger partial charge on any atom is -1.00 e. The molecule has 0 bridgehead atoms. The van der Waals surface area contributed by atoms with E-state index < -0.39 is 108 Å². The number of nitrogens with zero attached hydrogens (tertiary/aromatic N) is 13. The van der Waals surface area contributed by atoms with Crippen LogP contribution in [0.1, 0.15) is 73.2 Å². The highest BCUT2D eigenvalue weighted by Gasteiger charge is 2.54. The normalized spacial score (nSPS) is 19.7. The molecule has 0 aliphatic carbocycles. The van der Waals surface area contributed by atoms with Gasteiger partial charge in [0, 0.05) is 151 Å². The number of hydrogen-bond donors (Lipinski definition) is 10. The summed E-state index contributed by atoms with van der Waals surface area (Å²) in [6, 6.07) is 25.7. The first-order valence-corrected chi connectivity index (χ1v) is 50.6. The predicted molar refractivity (Wildman–Crippen MR) is 538 cm³/mol. The molecule has 12 aromatic rings. The lowest BCUT2D eigenvalue weighted by atomic mass is 9.82. The van der Waals surface area contributed by atoms with Crippen LogP contribution in [0.3, 0.4) is 0 Å². The number of aromatic amines is 4. The summed E-state index contributed by atoms with van der Waals surface area (Å²) in [5, 5.41) is 26.6. The number of ether oxygens (including phenoxy) is 1. The highest BCUT2D eigenvalue weighted by Crippen LogP contribution is 2.45. The third-order valence-electron chi connectivity index (χ3n) is 24.3. The molecule has 5 fully saturated rings. The molecule has 13 heterocycles. The monoisotopic (exact) mass is 2390 g/mol. The third-order valence-corrected chi connectivity index (χ3v) is 27.7. The number of carbonyl (C=O) groups is 4. The molecule has 5 aliphatic rings. The number of rotatable bonds is 24. The first-order chi connectivity index (χ1) is 66.0. The van der Waals surface area contributed by atoms with Crippen molar-refractivity contribution >= 4 is 200 Å². The molecular formula is C93H110Cl6F12I2N22O6S2. The number of piperidine rings is 4. The van der Waals surface area contributed by atoms with Crippen molar-refractivity contribution in [3.63, 3.8) is 0 Å². The molecule has 0 saturated carbocycles. The molecule has 11 atom stereocenters. The Morgan fingerprint density at radius 1 is 0.483 bits per heavy atom. The molecule has 5 aliphatic heterocycles. The van der Waals surface area contributed by atoms with Crippen LogP contribution in [0.2, 0.25) is 30.1 Å². The van der Waals surface area contributed by atoms with Gasteiger partial charge in [0.1, 0.15) is 107 Å². The Hall–Kier alpha value is -9.14. The first kappa shape index (κ1) is 117. The summed E-state index contributed by atoms with van der Waals surface area (Å²) in [7, 11) is 0.260. The number of carboxylic acids is 1. The Morgan fingerprint density at radius 3 is 1.26 bits per heavy atom. The number of halogens is 20. The molecule has 8 aromatic heterocycles. The zero-order valence-electron chi connectivity index (χ0n) is 75.8. The van der Waals surface area contributed by atoms with Crippen molar-refractivity contribution in [3.8, 4) is 0 Å². The van der Waals surface area contributed by atoms with Gasteiger partial charge in [-0.25, -0.2) is 44.7 Å². The van der Waals surface area contributed by atoms with Crippen molar-refractivity contribution in [1.82, 2.24) is 70.0 Å². The number of H-pyrrole nitrogens is 4. The van der Waals surface area contributed by atoms with Gasteiger partial charge in [0.2, 0.25) is 11.8 Å². The summed E-state index contributed by atoms with van der Waals surface area (Å²) in [5.74, 6) is -5.66. The van der Waals surface area contributed by atoms with Crippen LogP contribution in [-0.4, -0.2) is 250 Å². The van der Waals surface area contributed by atoms with Crippen LogP contribution in [-0.2, 0) is 52.3 Å². The van der Waals surface area contributed by atoms with Gasteiger partial charge in [0.25, 0.3) is 0 Å². The topological polar surface area (TPSA) is 354 Å². The molecule has 0 spiro atoms. The van der Waals surface area contributed by atoms with Crippen LogP contribution in [0, 0.1) is 29.6 Å². The third kappa shape index (κ3) is 31.9. The second kappa shape index (κ2) is 52.5. The number of esters is 1.